The molecule has 0 radical (unpaired) electrons. The van der Waals surface area contributed by atoms with E-state index >= 15 is 0 Å². The van der Waals surface area contributed by atoms with E-state index in [4.69, 9.17) is 14.2 Å². The Morgan fingerprint density at radius 1 is 1.03 bits per heavy atom. The zero-order valence-corrected chi connectivity index (χ0v) is 19.6. The number of hydrogen-bond donors (Lipinski definition) is 1. The first-order valence-corrected chi connectivity index (χ1v) is 11.0. The fraction of sp³-hybridized carbons (Fsp3) is 0.667. The molecule has 1 aromatic carbocycles. The van der Waals surface area contributed by atoms with Crippen LogP contribution in [0.1, 0.15) is 51.5 Å². The Balaban J connectivity index is 1.89. The Kier molecular flexibility index (Phi) is 7.02. The minimum absolute atomic E-state index is 0.0108. The highest BCUT2D eigenvalue weighted by Crippen LogP contribution is 2.43. The van der Waals surface area contributed by atoms with Crippen LogP contribution in [0.4, 0.5) is 0 Å². The molecule has 31 heavy (non-hydrogen) atoms. The summed E-state index contributed by atoms with van der Waals surface area (Å²) in [6, 6.07) is 3.79. The molecule has 2 atom stereocenters. The average molecular weight is 433 g/mol. The summed E-state index contributed by atoms with van der Waals surface area (Å²) in [5.74, 6) is 1.86. The largest absolute Gasteiger partial charge is 0.493 e. The number of carbonyl (C=O) groups excluding carboxylic acids is 2. The van der Waals surface area contributed by atoms with Gasteiger partial charge in [0.05, 0.1) is 27.2 Å². The molecular formula is C24H36N2O5. The molecule has 1 N–H and O–H groups in total. The van der Waals surface area contributed by atoms with Crippen LogP contribution in [0.15, 0.2) is 12.1 Å². The number of rotatable bonds is 8. The zero-order chi connectivity index (χ0) is 22.8. The molecule has 0 unspecified atom stereocenters. The van der Waals surface area contributed by atoms with Gasteiger partial charge in [-0.25, -0.2) is 0 Å². The van der Waals surface area contributed by atoms with Crippen molar-refractivity contribution in [3.8, 4) is 17.2 Å². The molecule has 7 heteroatoms. The molecule has 172 valence electrons. The minimum Gasteiger partial charge on any atom is -0.493 e. The summed E-state index contributed by atoms with van der Waals surface area (Å²) in [5.41, 5.74) is 0.804. The van der Waals surface area contributed by atoms with Crippen molar-refractivity contribution in [1.29, 1.82) is 0 Å². The van der Waals surface area contributed by atoms with Gasteiger partial charge in [0, 0.05) is 32.0 Å². The topological polar surface area (TPSA) is 77.1 Å². The van der Waals surface area contributed by atoms with Crippen molar-refractivity contribution in [3.63, 3.8) is 0 Å². The molecule has 0 aromatic heterocycles. The zero-order valence-electron chi connectivity index (χ0n) is 19.6. The van der Waals surface area contributed by atoms with Gasteiger partial charge in [-0.3, -0.25) is 9.59 Å². The number of benzene rings is 1. The summed E-state index contributed by atoms with van der Waals surface area (Å²) in [6.45, 7) is 7.79. The van der Waals surface area contributed by atoms with Gasteiger partial charge >= 0.3 is 0 Å². The number of hydrogen-bond acceptors (Lipinski definition) is 5. The quantitative estimate of drug-likeness (QED) is 0.683. The second kappa shape index (κ2) is 9.37. The first-order chi connectivity index (χ1) is 14.7. The van der Waals surface area contributed by atoms with Gasteiger partial charge in [-0.15, -0.1) is 0 Å². The Morgan fingerprint density at radius 2 is 1.65 bits per heavy atom. The molecule has 3 rings (SSSR count). The van der Waals surface area contributed by atoms with Crippen LogP contribution in [0.2, 0.25) is 0 Å². The van der Waals surface area contributed by atoms with Gasteiger partial charge in [0.1, 0.15) is 0 Å². The molecule has 1 saturated carbocycles. The standard InChI is InChI=1S/C24H36N2O5/c1-24(2,3)11-21(27)26-13-17(18(14-26)23(28)25-12-15-7-8-15)16-9-19(29-4)22(31-6)20(10-16)30-5/h9-10,15,17-18H,7-8,11-14H2,1-6H3,(H,25,28)/t17-,18-/m1/s1. The number of methoxy groups -OCH3 is 3. The Bertz CT molecular complexity index is 788. The number of ether oxygens (including phenoxy) is 3. The van der Waals surface area contributed by atoms with Crippen molar-refractivity contribution in [3.05, 3.63) is 17.7 Å². The predicted molar refractivity (Wildman–Crippen MR) is 119 cm³/mol. The molecule has 0 spiro atoms. The third-order valence-electron chi connectivity index (χ3n) is 6.07. The summed E-state index contributed by atoms with van der Waals surface area (Å²) in [4.78, 5) is 27.9. The molecule has 1 aliphatic heterocycles. The molecule has 1 aliphatic carbocycles. The van der Waals surface area contributed by atoms with E-state index in [0.29, 0.717) is 49.2 Å². The summed E-state index contributed by atoms with van der Waals surface area (Å²) < 4.78 is 16.5. The molecule has 1 saturated heterocycles. The van der Waals surface area contributed by atoms with Crippen molar-refractivity contribution >= 4 is 11.8 Å². The fourth-order valence-corrected chi connectivity index (χ4v) is 4.19. The Hall–Kier alpha value is -2.44. The van der Waals surface area contributed by atoms with Gasteiger partial charge in [-0.05, 0) is 41.9 Å². The number of nitrogens with zero attached hydrogens (tertiary/aromatic N) is 1. The fourth-order valence-electron chi connectivity index (χ4n) is 4.19. The van der Waals surface area contributed by atoms with E-state index in [9.17, 15) is 9.59 Å². The van der Waals surface area contributed by atoms with Crippen LogP contribution in [-0.4, -0.2) is 57.7 Å². The molecular weight excluding hydrogens is 396 g/mol. The normalized spacial score (nSPS) is 21.0. The van der Waals surface area contributed by atoms with Crippen LogP contribution in [0.5, 0.6) is 17.2 Å². The maximum atomic E-state index is 13.1. The van der Waals surface area contributed by atoms with Gasteiger partial charge in [-0.2, -0.15) is 0 Å². The highest BCUT2D eigenvalue weighted by Gasteiger charge is 2.41. The monoisotopic (exact) mass is 432 g/mol. The Morgan fingerprint density at radius 3 is 2.13 bits per heavy atom. The van der Waals surface area contributed by atoms with Gasteiger partial charge < -0.3 is 24.4 Å². The van der Waals surface area contributed by atoms with Crippen LogP contribution in [0.3, 0.4) is 0 Å². The van der Waals surface area contributed by atoms with Gasteiger partial charge in [0.15, 0.2) is 11.5 Å². The maximum absolute atomic E-state index is 13.1. The third kappa shape index (κ3) is 5.63. The molecule has 0 bridgehead atoms. The van der Waals surface area contributed by atoms with Crippen molar-refractivity contribution < 1.29 is 23.8 Å². The smallest absolute Gasteiger partial charge is 0.225 e. The van der Waals surface area contributed by atoms with E-state index in [1.807, 2.05) is 17.0 Å². The number of carbonyl (C=O) groups is 2. The summed E-state index contributed by atoms with van der Waals surface area (Å²) in [6.07, 6.45) is 2.81. The second-order valence-corrected chi connectivity index (χ2v) is 9.90. The van der Waals surface area contributed by atoms with Gasteiger partial charge in [-0.1, -0.05) is 20.8 Å². The highest BCUT2D eigenvalue weighted by molar-refractivity contribution is 5.83. The van der Waals surface area contributed by atoms with Gasteiger partial charge in [0.2, 0.25) is 17.6 Å². The lowest BCUT2D eigenvalue weighted by Crippen LogP contribution is -2.37. The van der Waals surface area contributed by atoms with Crippen LogP contribution < -0.4 is 19.5 Å². The first-order valence-electron chi connectivity index (χ1n) is 11.0. The third-order valence-corrected chi connectivity index (χ3v) is 6.07. The summed E-state index contributed by atoms with van der Waals surface area (Å²) >= 11 is 0. The average Bonchev–Trinajstić information content (AvgIpc) is 3.44. The van der Waals surface area contributed by atoms with Crippen LogP contribution in [0, 0.1) is 17.3 Å². The highest BCUT2D eigenvalue weighted by atomic mass is 16.5. The molecule has 2 amide bonds. The van der Waals surface area contributed by atoms with E-state index in [0.717, 1.165) is 5.56 Å². The number of amides is 2. The lowest BCUT2D eigenvalue weighted by molar-refractivity contribution is -0.132. The van der Waals surface area contributed by atoms with Crippen LogP contribution >= 0.6 is 0 Å². The van der Waals surface area contributed by atoms with E-state index in [1.165, 1.54) is 12.8 Å². The maximum Gasteiger partial charge on any atom is 0.225 e. The van der Waals surface area contributed by atoms with Crippen LogP contribution in [-0.2, 0) is 9.59 Å². The SMILES string of the molecule is COc1cc([C@H]2CN(C(=O)CC(C)(C)C)C[C@H]2C(=O)NCC2CC2)cc(OC)c1OC. The van der Waals surface area contributed by atoms with Crippen molar-refractivity contribution in [2.24, 2.45) is 17.3 Å². The molecule has 7 nitrogen and oxygen atoms in total. The van der Waals surface area contributed by atoms with E-state index in [-0.39, 0.29) is 29.1 Å². The van der Waals surface area contributed by atoms with Crippen molar-refractivity contribution in [2.45, 2.75) is 46.0 Å². The first kappa shape index (κ1) is 23.2. The predicted octanol–water partition coefficient (Wildman–Crippen LogP) is 3.22. The minimum atomic E-state index is -0.314. The lowest BCUT2D eigenvalue weighted by Gasteiger charge is -2.23. The summed E-state index contributed by atoms with van der Waals surface area (Å²) in [5, 5.41) is 3.11. The van der Waals surface area contributed by atoms with Gasteiger partial charge in [0.25, 0.3) is 0 Å². The van der Waals surface area contributed by atoms with Crippen LogP contribution in [0.25, 0.3) is 0 Å². The number of likely N-dealkylation sites (tertiary alicyclic amines) is 1. The van der Waals surface area contributed by atoms with Crippen molar-refractivity contribution in [1.82, 2.24) is 10.2 Å². The number of nitrogens with one attached hydrogen (secondary N) is 1. The van der Waals surface area contributed by atoms with E-state index in [1.54, 1.807) is 21.3 Å². The Labute approximate surface area is 185 Å². The molecule has 2 aliphatic rings. The molecule has 1 aromatic rings. The molecule has 1 heterocycles. The van der Waals surface area contributed by atoms with Crippen molar-refractivity contribution in [2.75, 3.05) is 41.0 Å². The van der Waals surface area contributed by atoms with E-state index < -0.39 is 0 Å². The second-order valence-electron chi connectivity index (χ2n) is 9.90. The van der Waals surface area contributed by atoms with E-state index in [2.05, 4.69) is 26.1 Å². The summed E-state index contributed by atoms with van der Waals surface area (Å²) in [7, 11) is 4.72. The lowest BCUT2D eigenvalue weighted by atomic mass is 9.87. The molecule has 2 fully saturated rings.